The Morgan fingerprint density at radius 3 is 2.36 bits per heavy atom. The van der Waals surface area contributed by atoms with Crippen LogP contribution in [-0.4, -0.2) is 68.2 Å². The van der Waals surface area contributed by atoms with Gasteiger partial charge in [0.25, 0.3) is 5.91 Å². The zero-order valence-corrected chi connectivity index (χ0v) is 23.8. The van der Waals surface area contributed by atoms with Crippen LogP contribution >= 0.6 is 0 Å². The van der Waals surface area contributed by atoms with Crippen LogP contribution < -0.4 is 15.4 Å². The summed E-state index contributed by atoms with van der Waals surface area (Å²) in [4.78, 5) is 40.9. The first-order valence-corrected chi connectivity index (χ1v) is 15.6. The lowest BCUT2D eigenvalue weighted by Crippen LogP contribution is -2.52. The highest BCUT2D eigenvalue weighted by molar-refractivity contribution is 7.91. The van der Waals surface area contributed by atoms with Crippen LogP contribution in [0.1, 0.15) is 45.3 Å². The van der Waals surface area contributed by atoms with Gasteiger partial charge in [0.15, 0.2) is 9.84 Å². The zero-order valence-electron chi connectivity index (χ0n) is 23.0. The predicted octanol–water partition coefficient (Wildman–Crippen LogP) is 2.40. The number of benzene rings is 3. The molecule has 0 aromatic heterocycles. The van der Waals surface area contributed by atoms with Crippen molar-refractivity contribution in [3.05, 3.63) is 95.1 Å². The molecule has 2 fully saturated rings. The monoisotopic (exact) mass is 588 g/mol. The van der Waals surface area contributed by atoms with E-state index in [9.17, 15) is 22.8 Å². The number of piperazine rings is 1. The Morgan fingerprint density at radius 1 is 0.905 bits per heavy atom. The number of imide groups is 1. The van der Waals surface area contributed by atoms with E-state index in [1.54, 1.807) is 48.5 Å². The summed E-state index contributed by atoms with van der Waals surface area (Å²) in [5.74, 6) is -0.492. The summed E-state index contributed by atoms with van der Waals surface area (Å²) in [5, 5.41) is 4.80. The number of hydrogen-bond acceptors (Lipinski definition) is 8. The van der Waals surface area contributed by atoms with Crippen molar-refractivity contribution in [1.82, 2.24) is 20.4 Å². The second-order valence-corrected chi connectivity index (χ2v) is 12.7. The fourth-order valence-corrected chi connectivity index (χ4v) is 7.79. The number of carbonyl (C=O) groups excluding carboxylic acids is 3. The molecule has 10 nitrogen and oxygen atoms in total. The second kappa shape index (κ2) is 11.7. The topological polar surface area (TPSA) is 125 Å². The Kier molecular flexibility index (Phi) is 7.80. The van der Waals surface area contributed by atoms with Crippen molar-refractivity contribution in [2.45, 2.75) is 42.3 Å². The van der Waals surface area contributed by atoms with Gasteiger partial charge in [0.1, 0.15) is 23.8 Å². The highest BCUT2D eigenvalue weighted by Crippen LogP contribution is 2.35. The maximum absolute atomic E-state index is 13.8. The first kappa shape index (κ1) is 28.1. The van der Waals surface area contributed by atoms with E-state index in [-0.39, 0.29) is 31.4 Å². The van der Waals surface area contributed by atoms with Gasteiger partial charge in [-0.25, -0.2) is 8.42 Å². The normalized spacial score (nSPS) is 20.2. The van der Waals surface area contributed by atoms with E-state index in [0.717, 1.165) is 18.7 Å². The fraction of sp³-hybridized carbons (Fsp3) is 0.323. The quantitative estimate of drug-likeness (QED) is 0.385. The molecule has 0 spiro atoms. The number of nitrogens with zero attached hydrogens (tertiary/aromatic N) is 2. The van der Waals surface area contributed by atoms with Crippen molar-refractivity contribution >= 4 is 27.6 Å². The van der Waals surface area contributed by atoms with Crippen LogP contribution in [0.3, 0.4) is 0 Å². The van der Waals surface area contributed by atoms with Crippen molar-refractivity contribution in [3.63, 3.8) is 0 Å². The van der Waals surface area contributed by atoms with Crippen molar-refractivity contribution < 1.29 is 27.5 Å². The third kappa shape index (κ3) is 5.42. The Morgan fingerprint density at radius 2 is 1.64 bits per heavy atom. The highest BCUT2D eigenvalue weighted by Gasteiger charge is 2.40. The average Bonchev–Trinajstić information content (AvgIpc) is 3.34. The molecule has 2 N–H and O–H groups in total. The SMILES string of the molecule is O=C1CCC(N2Cc3c(OCc4ccc(C(N5CCNCC5)S(=O)(=O)c5ccccc5)cc4)cccc3C2=O)C(=O)N1. The van der Waals surface area contributed by atoms with E-state index in [4.69, 9.17) is 4.74 Å². The minimum atomic E-state index is -3.67. The minimum Gasteiger partial charge on any atom is -0.489 e. The molecule has 3 aromatic carbocycles. The van der Waals surface area contributed by atoms with E-state index < -0.39 is 27.2 Å². The number of nitrogens with one attached hydrogen (secondary N) is 2. The largest absolute Gasteiger partial charge is 0.489 e. The molecule has 42 heavy (non-hydrogen) atoms. The van der Waals surface area contributed by atoms with Crippen molar-refractivity contribution in [2.75, 3.05) is 26.2 Å². The molecule has 6 rings (SSSR count). The van der Waals surface area contributed by atoms with E-state index in [1.807, 2.05) is 29.2 Å². The number of hydrogen-bond donors (Lipinski definition) is 2. The molecule has 2 unspecified atom stereocenters. The molecule has 0 aliphatic carbocycles. The Labute approximate surface area is 244 Å². The van der Waals surface area contributed by atoms with Crippen LogP contribution in [0.25, 0.3) is 0 Å². The van der Waals surface area contributed by atoms with E-state index in [2.05, 4.69) is 10.6 Å². The number of rotatable bonds is 8. The minimum absolute atomic E-state index is 0.192. The molecule has 11 heteroatoms. The van der Waals surface area contributed by atoms with Crippen LogP contribution in [-0.2, 0) is 32.6 Å². The van der Waals surface area contributed by atoms with Crippen LogP contribution in [0.2, 0.25) is 0 Å². The van der Waals surface area contributed by atoms with Gasteiger partial charge in [-0.2, -0.15) is 0 Å². The first-order chi connectivity index (χ1) is 20.3. The summed E-state index contributed by atoms with van der Waals surface area (Å²) in [7, 11) is -3.67. The summed E-state index contributed by atoms with van der Waals surface area (Å²) < 4.78 is 33.7. The Bertz CT molecular complexity index is 1600. The molecule has 3 aromatic rings. The summed E-state index contributed by atoms with van der Waals surface area (Å²) in [6, 6.07) is 20.5. The van der Waals surface area contributed by atoms with Gasteiger partial charge in [0.2, 0.25) is 11.8 Å². The predicted molar refractivity (Wildman–Crippen MR) is 154 cm³/mol. The van der Waals surface area contributed by atoms with Gasteiger partial charge in [-0.3, -0.25) is 24.6 Å². The van der Waals surface area contributed by atoms with E-state index >= 15 is 0 Å². The molecule has 3 amide bonds. The maximum atomic E-state index is 13.8. The molecule has 2 saturated heterocycles. The van der Waals surface area contributed by atoms with Gasteiger partial charge in [0.05, 0.1) is 11.4 Å². The van der Waals surface area contributed by atoms with Crippen LogP contribution in [0.5, 0.6) is 5.75 Å². The molecule has 0 radical (unpaired) electrons. The lowest BCUT2D eigenvalue weighted by molar-refractivity contribution is -0.136. The third-order valence-electron chi connectivity index (χ3n) is 8.05. The average molecular weight is 589 g/mol. The second-order valence-electron chi connectivity index (χ2n) is 10.7. The number of amides is 3. The highest BCUT2D eigenvalue weighted by atomic mass is 32.2. The number of carbonyl (C=O) groups is 3. The van der Waals surface area contributed by atoms with Gasteiger partial charge in [-0.1, -0.05) is 48.5 Å². The molecule has 3 heterocycles. The fourth-order valence-electron chi connectivity index (χ4n) is 5.87. The molecule has 218 valence electrons. The number of sulfone groups is 1. The smallest absolute Gasteiger partial charge is 0.255 e. The molecule has 0 bridgehead atoms. The molecule has 3 aliphatic rings. The summed E-state index contributed by atoms with van der Waals surface area (Å²) >= 11 is 0. The third-order valence-corrected chi connectivity index (χ3v) is 10.1. The molecular formula is C31H32N4O6S. The number of piperidine rings is 1. The molecular weight excluding hydrogens is 556 g/mol. The molecule has 3 aliphatic heterocycles. The van der Waals surface area contributed by atoms with Gasteiger partial charge in [0, 0.05) is 43.7 Å². The van der Waals surface area contributed by atoms with Crippen molar-refractivity contribution in [2.24, 2.45) is 0 Å². The van der Waals surface area contributed by atoms with E-state index in [0.29, 0.717) is 46.8 Å². The molecule has 0 saturated carbocycles. The molecule has 2 atom stereocenters. The summed E-state index contributed by atoms with van der Waals surface area (Å²) in [6.45, 7) is 3.12. The lowest BCUT2D eigenvalue weighted by atomic mass is 10.0. The number of fused-ring (bicyclic) bond motifs is 1. The van der Waals surface area contributed by atoms with Crippen LogP contribution in [0.4, 0.5) is 0 Å². The lowest BCUT2D eigenvalue weighted by Gasteiger charge is -2.34. The van der Waals surface area contributed by atoms with Gasteiger partial charge >= 0.3 is 0 Å². The first-order valence-electron chi connectivity index (χ1n) is 14.0. The summed E-state index contributed by atoms with van der Waals surface area (Å²) in [5.41, 5.74) is 2.73. The van der Waals surface area contributed by atoms with Gasteiger partial charge < -0.3 is 15.0 Å². The zero-order chi connectivity index (χ0) is 29.3. The van der Waals surface area contributed by atoms with Gasteiger partial charge in [-0.05, 0) is 41.8 Å². The van der Waals surface area contributed by atoms with Crippen LogP contribution in [0, 0.1) is 0 Å². The summed E-state index contributed by atoms with van der Waals surface area (Å²) in [6.07, 6.45) is 0.486. The van der Waals surface area contributed by atoms with Crippen molar-refractivity contribution in [3.8, 4) is 5.75 Å². The van der Waals surface area contributed by atoms with E-state index in [1.165, 1.54) is 4.90 Å². The standard InChI is InChI=1S/C31H32N4O6S/c36-28-14-13-26(29(37)33-28)35-19-25-24(30(35)38)7-4-8-27(25)41-20-21-9-11-22(12-10-21)31(34-17-15-32-16-18-34)42(39,40)23-5-2-1-3-6-23/h1-12,26,31-32H,13-20H2,(H,33,36,37). The van der Waals surface area contributed by atoms with Crippen LogP contribution in [0.15, 0.2) is 77.7 Å². The van der Waals surface area contributed by atoms with Gasteiger partial charge in [-0.15, -0.1) is 0 Å². The Balaban J connectivity index is 1.19. The van der Waals surface area contributed by atoms with Crippen molar-refractivity contribution in [1.29, 1.82) is 0 Å². The number of ether oxygens (including phenoxy) is 1. The maximum Gasteiger partial charge on any atom is 0.255 e. The Hall–Kier alpha value is -4.06.